The van der Waals surface area contributed by atoms with E-state index in [1.807, 2.05) is 54.6 Å². The molecule has 0 atom stereocenters. The molecule has 0 aliphatic rings. The van der Waals surface area contributed by atoms with Crippen LogP contribution in [-0.4, -0.2) is 0 Å². The van der Waals surface area contributed by atoms with E-state index >= 15 is 0 Å². The highest BCUT2D eigenvalue weighted by Crippen LogP contribution is 2.08. The third-order valence-corrected chi connectivity index (χ3v) is 2.40. The lowest BCUT2D eigenvalue weighted by atomic mass is 10.2. The van der Waals surface area contributed by atoms with Crippen LogP contribution in [0.5, 0.6) is 0 Å². The Hall–Kier alpha value is -1.87. The summed E-state index contributed by atoms with van der Waals surface area (Å²) in [6.07, 6.45) is 0. The van der Waals surface area contributed by atoms with Crippen molar-refractivity contribution in [3.63, 3.8) is 0 Å². The van der Waals surface area contributed by atoms with Gasteiger partial charge in [-0.25, -0.2) is 0 Å². The van der Waals surface area contributed by atoms with Crippen molar-refractivity contribution in [2.75, 3.05) is 5.73 Å². The van der Waals surface area contributed by atoms with Gasteiger partial charge in [0.1, 0.15) is 0 Å². The Balaban J connectivity index is 0.00000162. The highest BCUT2D eigenvalue weighted by Gasteiger charge is 1.91. The predicted molar refractivity (Wildman–Crippen MR) is 76.8 cm³/mol. The number of rotatable bonds is 4. The van der Waals surface area contributed by atoms with E-state index in [-0.39, 0.29) is 12.4 Å². The molecule has 2 rings (SSSR count). The van der Waals surface area contributed by atoms with Gasteiger partial charge in [-0.2, -0.15) is 10.2 Å². The molecule has 2 N–H and O–H groups in total. The highest BCUT2D eigenvalue weighted by molar-refractivity contribution is 5.85. The number of halogens is 1. The fourth-order valence-electron chi connectivity index (χ4n) is 1.54. The summed E-state index contributed by atoms with van der Waals surface area (Å²) < 4.78 is 0. The number of azo groups is 1. The van der Waals surface area contributed by atoms with Crippen LogP contribution >= 0.6 is 12.4 Å². The van der Waals surface area contributed by atoms with Crippen LogP contribution in [0, 0.1) is 0 Å². The Bertz CT molecular complexity index is 497. The van der Waals surface area contributed by atoms with Crippen LogP contribution in [0.2, 0.25) is 0 Å². The summed E-state index contributed by atoms with van der Waals surface area (Å²) in [5, 5.41) is 8.30. The molecule has 0 heterocycles. The normalized spacial score (nSPS) is 10.2. The molecule has 3 nitrogen and oxygen atoms in total. The summed E-state index contributed by atoms with van der Waals surface area (Å²) in [6, 6.07) is 17.8. The van der Waals surface area contributed by atoms with Gasteiger partial charge in [-0.05, 0) is 23.3 Å². The van der Waals surface area contributed by atoms with Crippen molar-refractivity contribution < 1.29 is 0 Å². The Morgan fingerprint density at radius 2 is 1.39 bits per heavy atom. The molecule has 0 spiro atoms. The predicted octanol–water partition coefficient (Wildman–Crippen LogP) is 3.84. The van der Waals surface area contributed by atoms with Gasteiger partial charge < -0.3 is 5.73 Å². The lowest BCUT2D eigenvalue weighted by Gasteiger charge is -1.97. The van der Waals surface area contributed by atoms with Crippen molar-refractivity contribution in [1.29, 1.82) is 0 Å². The van der Waals surface area contributed by atoms with E-state index in [2.05, 4.69) is 10.2 Å². The van der Waals surface area contributed by atoms with Gasteiger partial charge in [-0.1, -0.05) is 42.5 Å². The van der Waals surface area contributed by atoms with Gasteiger partial charge in [-0.3, -0.25) is 0 Å². The van der Waals surface area contributed by atoms with Crippen LogP contribution in [0.4, 0.5) is 5.69 Å². The average Bonchev–Trinajstić information content (AvgIpc) is 2.36. The Morgan fingerprint density at radius 1 is 0.778 bits per heavy atom. The molecule has 0 unspecified atom stereocenters. The number of hydrogen-bond donors (Lipinski definition) is 1. The maximum Gasteiger partial charge on any atom is 0.0850 e. The molecule has 4 heteroatoms. The first-order valence-electron chi connectivity index (χ1n) is 5.56. The molecule has 94 valence electrons. The molecule has 18 heavy (non-hydrogen) atoms. The maximum absolute atomic E-state index is 5.68. The number of anilines is 1. The molecular weight excluding hydrogens is 246 g/mol. The van der Waals surface area contributed by atoms with Crippen molar-refractivity contribution in [3.8, 4) is 0 Å². The molecule has 0 aliphatic carbocycles. The lowest BCUT2D eigenvalue weighted by Crippen LogP contribution is -1.87. The monoisotopic (exact) mass is 261 g/mol. The van der Waals surface area contributed by atoms with Crippen molar-refractivity contribution in [2.24, 2.45) is 10.2 Å². The van der Waals surface area contributed by atoms with Gasteiger partial charge in [-0.15, -0.1) is 12.4 Å². The van der Waals surface area contributed by atoms with Crippen LogP contribution in [0.3, 0.4) is 0 Å². The molecular formula is C14H16ClN3. The number of nitrogens with two attached hydrogens (primary N) is 1. The fourth-order valence-corrected chi connectivity index (χ4v) is 1.54. The molecule has 0 fully saturated rings. The summed E-state index contributed by atoms with van der Waals surface area (Å²) in [7, 11) is 0. The van der Waals surface area contributed by atoms with Gasteiger partial charge in [0.25, 0.3) is 0 Å². The summed E-state index contributed by atoms with van der Waals surface area (Å²) in [5.74, 6) is 0. The van der Waals surface area contributed by atoms with Crippen LogP contribution in [0.1, 0.15) is 11.1 Å². The van der Waals surface area contributed by atoms with Crippen molar-refractivity contribution >= 4 is 18.1 Å². The lowest BCUT2D eigenvalue weighted by molar-refractivity contribution is 0.851. The van der Waals surface area contributed by atoms with E-state index in [1.165, 1.54) is 5.56 Å². The minimum atomic E-state index is 0. The SMILES string of the molecule is Cl.Nc1cccc(CN=NCc2ccccc2)c1. The van der Waals surface area contributed by atoms with Crippen LogP contribution < -0.4 is 5.73 Å². The first kappa shape index (κ1) is 14.2. The summed E-state index contributed by atoms with van der Waals surface area (Å²) in [6.45, 7) is 1.21. The van der Waals surface area contributed by atoms with E-state index in [9.17, 15) is 0 Å². The average molecular weight is 262 g/mol. The number of nitrogen functional groups attached to an aromatic ring is 1. The molecule has 0 bridgehead atoms. The zero-order valence-corrected chi connectivity index (χ0v) is 10.8. The van der Waals surface area contributed by atoms with E-state index in [0.717, 1.165) is 11.3 Å². The summed E-state index contributed by atoms with van der Waals surface area (Å²) in [4.78, 5) is 0. The zero-order chi connectivity index (χ0) is 11.9. The van der Waals surface area contributed by atoms with Crippen LogP contribution in [-0.2, 0) is 13.1 Å². The Morgan fingerprint density at radius 3 is 2.06 bits per heavy atom. The second kappa shape index (κ2) is 7.45. The van der Waals surface area contributed by atoms with Gasteiger partial charge >= 0.3 is 0 Å². The number of hydrogen-bond acceptors (Lipinski definition) is 3. The molecule has 0 aromatic heterocycles. The zero-order valence-electron chi connectivity index (χ0n) is 9.99. The van der Waals surface area contributed by atoms with E-state index in [1.54, 1.807) is 0 Å². The highest BCUT2D eigenvalue weighted by atomic mass is 35.5. The minimum absolute atomic E-state index is 0. The largest absolute Gasteiger partial charge is 0.399 e. The standard InChI is InChI=1S/C14H15N3.ClH/c15-14-8-4-7-13(9-14)11-17-16-10-12-5-2-1-3-6-12;/h1-9H,10-11,15H2;1H. The molecule has 0 amide bonds. The number of nitrogens with zero attached hydrogens (tertiary/aromatic N) is 2. The van der Waals surface area contributed by atoms with Gasteiger partial charge in [0.05, 0.1) is 13.1 Å². The molecule has 2 aromatic rings. The molecule has 0 radical (unpaired) electrons. The summed E-state index contributed by atoms with van der Waals surface area (Å²) >= 11 is 0. The minimum Gasteiger partial charge on any atom is -0.399 e. The summed E-state index contributed by atoms with van der Waals surface area (Å²) in [5.41, 5.74) is 8.70. The molecule has 0 saturated carbocycles. The molecule has 2 aromatic carbocycles. The van der Waals surface area contributed by atoms with Gasteiger partial charge in [0.15, 0.2) is 0 Å². The van der Waals surface area contributed by atoms with Gasteiger partial charge in [0.2, 0.25) is 0 Å². The van der Waals surface area contributed by atoms with Crippen molar-refractivity contribution in [2.45, 2.75) is 13.1 Å². The first-order chi connectivity index (χ1) is 8.34. The van der Waals surface area contributed by atoms with Crippen molar-refractivity contribution in [1.82, 2.24) is 0 Å². The topological polar surface area (TPSA) is 50.7 Å². The van der Waals surface area contributed by atoms with Crippen LogP contribution in [0.15, 0.2) is 64.8 Å². The van der Waals surface area contributed by atoms with Gasteiger partial charge in [0, 0.05) is 5.69 Å². The van der Waals surface area contributed by atoms with E-state index < -0.39 is 0 Å². The molecule has 0 saturated heterocycles. The first-order valence-corrected chi connectivity index (χ1v) is 5.56. The van der Waals surface area contributed by atoms with Crippen LogP contribution in [0.25, 0.3) is 0 Å². The third kappa shape index (κ3) is 4.55. The molecule has 0 aliphatic heterocycles. The smallest absolute Gasteiger partial charge is 0.0850 e. The second-order valence-electron chi connectivity index (χ2n) is 3.83. The number of benzene rings is 2. The van der Waals surface area contributed by atoms with E-state index in [0.29, 0.717) is 13.1 Å². The quantitative estimate of drug-likeness (QED) is 0.660. The maximum atomic E-state index is 5.68. The van der Waals surface area contributed by atoms with E-state index in [4.69, 9.17) is 5.73 Å². The Labute approximate surface area is 113 Å². The van der Waals surface area contributed by atoms with Crippen molar-refractivity contribution in [3.05, 3.63) is 65.7 Å². The fraction of sp³-hybridized carbons (Fsp3) is 0.143. The third-order valence-electron chi connectivity index (χ3n) is 2.40. The Kier molecular flexibility index (Phi) is 5.88. The second-order valence-corrected chi connectivity index (χ2v) is 3.83.